The third kappa shape index (κ3) is 2.64. The molecule has 0 aliphatic carbocycles. The first-order valence-electron chi connectivity index (χ1n) is 6.19. The number of aldehydes is 1. The van der Waals surface area contributed by atoms with Crippen molar-refractivity contribution in [1.29, 1.82) is 0 Å². The Morgan fingerprint density at radius 2 is 2.22 bits per heavy atom. The Kier molecular flexibility index (Phi) is 3.87. The van der Waals surface area contributed by atoms with Crippen LogP contribution in [0.4, 0.5) is 0 Å². The van der Waals surface area contributed by atoms with E-state index in [2.05, 4.69) is 17.0 Å². The minimum atomic E-state index is 0.624. The molecule has 2 aromatic heterocycles. The van der Waals surface area contributed by atoms with E-state index in [-0.39, 0.29) is 0 Å². The molecule has 0 aliphatic rings. The van der Waals surface area contributed by atoms with Crippen molar-refractivity contribution >= 4 is 6.29 Å². The molecule has 0 unspecified atom stereocenters. The van der Waals surface area contributed by atoms with Crippen molar-refractivity contribution in [3.63, 3.8) is 0 Å². The molecule has 4 heteroatoms. The topological polar surface area (TPSA) is 47.8 Å². The minimum absolute atomic E-state index is 0.624. The van der Waals surface area contributed by atoms with Gasteiger partial charge in [0.1, 0.15) is 5.69 Å². The first-order chi connectivity index (χ1) is 8.74. The summed E-state index contributed by atoms with van der Waals surface area (Å²) in [7, 11) is 0. The summed E-state index contributed by atoms with van der Waals surface area (Å²) in [5, 5.41) is 4.48. The van der Waals surface area contributed by atoms with E-state index >= 15 is 0 Å². The number of rotatable bonds is 5. The van der Waals surface area contributed by atoms with Crippen LogP contribution in [0.25, 0.3) is 11.3 Å². The van der Waals surface area contributed by atoms with E-state index in [0.717, 1.165) is 42.5 Å². The molecular formula is C14H17N3O. The lowest BCUT2D eigenvalue weighted by atomic mass is 10.1. The highest BCUT2D eigenvalue weighted by atomic mass is 16.1. The zero-order valence-electron chi connectivity index (χ0n) is 10.8. The van der Waals surface area contributed by atoms with Crippen molar-refractivity contribution in [3.05, 3.63) is 35.8 Å². The van der Waals surface area contributed by atoms with Crippen LogP contribution in [-0.4, -0.2) is 21.1 Å². The third-order valence-electron chi connectivity index (χ3n) is 2.81. The van der Waals surface area contributed by atoms with Gasteiger partial charge < -0.3 is 0 Å². The van der Waals surface area contributed by atoms with Crippen LogP contribution in [0.3, 0.4) is 0 Å². The van der Waals surface area contributed by atoms with E-state index in [1.54, 1.807) is 18.6 Å². The molecule has 2 aromatic rings. The fourth-order valence-electron chi connectivity index (χ4n) is 1.87. The predicted molar refractivity (Wildman–Crippen MR) is 70.5 cm³/mol. The van der Waals surface area contributed by atoms with E-state index in [1.165, 1.54) is 0 Å². The molecule has 2 heterocycles. The summed E-state index contributed by atoms with van der Waals surface area (Å²) in [4.78, 5) is 15.2. The summed E-state index contributed by atoms with van der Waals surface area (Å²) in [5.74, 6) is 0. The van der Waals surface area contributed by atoms with Gasteiger partial charge in [-0.15, -0.1) is 0 Å². The Morgan fingerprint density at radius 1 is 1.39 bits per heavy atom. The molecule has 18 heavy (non-hydrogen) atoms. The Balaban J connectivity index is 2.37. The minimum Gasteiger partial charge on any atom is -0.298 e. The second kappa shape index (κ2) is 5.58. The lowest BCUT2D eigenvalue weighted by molar-refractivity contribution is 0.112. The third-order valence-corrected chi connectivity index (χ3v) is 2.81. The van der Waals surface area contributed by atoms with Crippen molar-refractivity contribution in [3.8, 4) is 11.3 Å². The monoisotopic (exact) mass is 243 g/mol. The molecule has 0 fully saturated rings. The van der Waals surface area contributed by atoms with Crippen molar-refractivity contribution in [1.82, 2.24) is 14.8 Å². The van der Waals surface area contributed by atoms with Crippen LogP contribution in [0.5, 0.6) is 0 Å². The number of aryl methyl sites for hydroxylation is 2. The zero-order valence-corrected chi connectivity index (χ0v) is 10.8. The SMILES string of the molecule is CCCCn1cc(C=O)c(-c2cncc(C)c2)n1. The first-order valence-corrected chi connectivity index (χ1v) is 6.19. The van der Waals surface area contributed by atoms with E-state index in [9.17, 15) is 4.79 Å². The summed E-state index contributed by atoms with van der Waals surface area (Å²) < 4.78 is 1.84. The van der Waals surface area contributed by atoms with Gasteiger partial charge in [0.15, 0.2) is 6.29 Å². The Morgan fingerprint density at radius 3 is 2.89 bits per heavy atom. The number of hydrogen-bond donors (Lipinski definition) is 0. The first kappa shape index (κ1) is 12.5. The maximum absolute atomic E-state index is 11.1. The second-order valence-corrected chi connectivity index (χ2v) is 4.42. The highest BCUT2D eigenvalue weighted by Crippen LogP contribution is 2.21. The summed E-state index contributed by atoms with van der Waals surface area (Å²) in [6.07, 6.45) is 8.36. The van der Waals surface area contributed by atoms with Crippen LogP contribution in [0, 0.1) is 6.92 Å². The van der Waals surface area contributed by atoms with Gasteiger partial charge in [0.2, 0.25) is 0 Å². The van der Waals surface area contributed by atoms with Gasteiger partial charge in [-0.05, 0) is 25.0 Å². The highest BCUT2D eigenvalue weighted by molar-refractivity contribution is 5.85. The Hall–Kier alpha value is -1.97. The molecule has 0 aromatic carbocycles. The maximum Gasteiger partial charge on any atom is 0.153 e. The van der Waals surface area contributed by atoms with Crippen molar-refractivity contribution in [2.45, 2.75) is 33.2 Å². The number of unbranched alkanes of at least 4 members (excludes halogenated alkanes) is 1. The van der Waals surface area contributed by atoms with Gasteiger partial charge in [0, 0.05) is 30.7 Å². The van der Waals surface area contributed by atoms with Crippen LogP contribution < -0.4 is 0 Å². The normalized spacial score (nSPS) is 10.6. The molecule has 94 valence electrons. The van der Waals surface area contributed by atoms with E-state index < -0.39 is 0 Å². The molecule has 0 spiro atoms. The molecule has 0 N–H and O–H groups in total. The number of carbonyl (C=O) groups excluding carboxylic acids is 1. The lowest BCUT2D eigenvalue weighted by Gasteiger charge is -2.00. The van der Waals surface area contributed by atoms with Gasteiger partial charge in [-0.25, -0.2) is 0 Å². The van der Waals surface area contributed by atoms with Gasteiger partial charge >= 0.3 is 0 Å². The van der Waals surface area contributed by atoms with Crippen LogP contribution >= 0.6 is 0 Å². The fourth-order valence-corrected chi connectivity index (χ4v) is 1.87. The van der Waals surface area contributed by atoms with E-state index in [4.69, 9.17) is 0 Å². The smallest absolute Gasteiger partial charge is 0.153 e. The number of pyridine rings is 1. The second-order valence-electron chi connectivity index (χ2n) is 4.42. The van der Waals surface area contributed by atoms with Crippen LogP contribution in [0.2, 0.25) is 0 Å². The van der Waals surface area contributed by atoms with E-state index in [0.29, 0.717) is 5.56 Å². The fraction of sp³-hybridized carbons (Fsp3) is 0.357. The van der Waals surface area contributed by atoms with E-state index in [1.807, 2.05) is 17.7 Å². The van der Waals surface area contributed by atoms with Gasteiger partial charge in [0.25, 0.3) is 0 Å². The van der Waals surface area contributed by atoms with Crippen LogP contribution in [0.1, 0.15) is 35.7 Å². The molecule has 0 amide bonds. The van der Waals surface area contributed by atoms with Gasteiger partial charge in [0.05, 0.1) is 5.56 Å². The van der Waals surface area contributed by atoms with Crippen molar-refractivity contribution in [2.75, 3.05) is 0 Å². The molecule has 0 aliphatic heterocycles. The molecule has 0 radical (unpaired) electrons. The summed E-state index contributed by atoms with van der Waals surface area (Å²) in [6.45, 7) is 4.96. The lowest BCUT2D eigenvalue weighted by Crippen LogP contribution is -1.98. The van der Waals surface area contributed by atoms with Gasteiger partial charge in [-0.2, -0.15) is 5.10 Å². The molecule has 0 atom stereocenters. The largest absolute Gasteiger partial charge is 0.298 e. The molecule has 4 nitrogen and oxygen atoms in total. The van der Waals surface area contributed by atoms with Gasteiger partial charge in [-0.3, -0.25) is 14.5 Å². The molecule has 2 rings (SSSR count). The van der Waals surface area contributed by atoms with Crippen LogP contribution in [-0.2, 0) is 6.54 Å². The van der Waals surface area contributed by atoms with Crippen molar-refractivity contribution < 1.29 is 4.79 Å². The average Bonchev–Trinajstić information content (AvgIpc) is 2.79. The molecule has 0 saturated heterocycles. The van der Waals surface area contributed by atoms with Gasteiger partial charge in [-0.1, -0.05) is 13.3 Å². The summed E-state index contributed by atoms with van der Waals surface area (Å²) >= 11 is 0. The Bertz CT molecular complexity index is 546. The number of nitrogens with zero attached hydrogens (tertiary/aromatic N) is 3. The molecule has 0 bridgehead atoms. The highest BCUT2D eigenvalue weighted by Gasteiger charge is 2.10. The average molecular weight is 243 g/mol. The Labute approximate surface area is 107 Å². The standard InChI is InChI=1S/C14H17N3O/c1-3-4-5-17-9-13(10-18)14(16-17)12-6-11(2)7-15-8-12/h6-10H,3-5H2,1-2H3. The quantitative estimate of drug-likeness (QED) is 0.759. The maximum atomic E-state index is 11.1. The molecule has 0 saturated carbocycles. The predicted octanol–water partition coefficient (Wildman–Crippen LogP) is 2.87. The van der Waals surface area contributed by atoms with Crippen molar-refractivity contribution in [2.24, 2.45) is 0 Å². The number of carbonyl (C=O) groups is 1. The summed E-state index contributed by atoms with van der Waals surface area (Å²) in [6, 6.07) is 1.99. The summed E-state index contributed by atoms with van der Waals surface area (Å²) in [5.41, 5.74) is 3.30. The zero-order chi connectivity index (χ0) is 13.0. The number of aromatic nitrogens is 3. The molecular weight excluding hydrogens is 226 g/mol. The number of hydrogen-bond acceptors (Lipinski definition) is 3. The van der Waals surface area contributed by atoms with Crippen LogP contribution in [0.15, 0.2) is 24.7 Å².